The van der Waals surface area contributed by atoms with Crippen molar-refractivity contribution in [1.29, 1.82) is 0 Å². The number of aromatic amines is 3. The van der Waals surface area contributed by atoms with Crippen molar-refractivity contribution in [3.8, 4) is 56.4 Å². The Morgan fingerprint density at radius 1 is 0.564 bits per heavy atom. The Hall–Kier alpha value is -9.74. The van der Waals surface area contributed by atoms with Crippen LogP contribution >= 0.6 is 15.9 Å². The largest absolute Gasteiger partial charge is 0.494 e. The molecule has 0 atom stereocenters. The molecule has 1 aliphatic rings. The highest BCUT2D eigenvalue weighted by atomic mass is 79.9. The van der Waals surface area contributed by atoms with Gasteiger partial charge in [0.2, 0.25) is 5.91 Å². The molecule has 10 heterocycles. The summed E-state index contributed by atoms with van der Waals surface area (Å²) in [4.78, 5) is 58.3. The fraction of sp³-hybridized carbons (Fsp3) is 0.356. The zero-order valence-corrected chi connectivity index (χ0v) is 60.8. The predicted octanol–water partition coefficient (Wildman–Crippen LogP) is 13.6. The molecule has 3 aromatic carbocycles. The van der Waals surface area contributed by atoms with Crippen LogP contribution in [0, 0.1) is 28.3 Å². The second-order valence-electron chi connectivity index (χ2n) is 28.0. The van der Waals surface area contributed by atoms with Crippen molar-refractivity contribution in [2.24, 2.45) is 43.4 Å². The number of benzene rings is 3. The van der Waals surface area contributed by atoms with Gasteiger partial charge in [0, 0.05) is 123 Å². The molecule has 0 unspecified atom stereocenters. The number of H-pyrrole nitrogens is 3. The number of aromatic nitrogens is 15. The second kappa shape index (κ2) is 32.3. The molecular formula is C73H87BBrF3N18O5. The normalized spacial score (nSPS) is 13.2. The Labute approximate surface area is 593 Å². The number of carboxylic acid groups (broad SMARTS) is 1. The number of nitrogens with one attached hydrogen (secondary N) is 4. The van der Waals surface area contributed by atoms with Crippen molar-refractivity contribution >= 4 is 73.9 Å². The summed E-state index contributed by atoms with van der Waals surface area (Å²) in [5.74, 6) is 0.378. The van der Waals surface area contributed by atoms with Gasteiger partial charge in [-0.25, -0.2) is 43.1 Å². The van der Waals surface area contributed by atoms with Crippen LogP contribution in [-0.4, -0.2) is 110 Å². The van der Waals surface area contributed by atoms with Crippen LogP contribution in [0.25, 0.3) is 89.9 Å². The van der Waals surface area contributed by atoms with Crippen LogP contribution < -0.4 is 22.2 Å². The van der Waals surface area contributed by atoms with Crippen LogP contribution in [0.5, 0.6) is 0 Å². The first-order valence-corrected chi connectivity index (χ1v) is 33.8. The maximum atomic E-state index is 14.9. The van der Waals surface area contributed by atoms with E-state index in [1.807, 2.05) is 97.8 Å². The lowest BCUT2D eigenvalue weighted by Gasteiger charge is -2.32. The first-order chi connectivity index (χ1) is 47.8. The molecule has 101 heavy (non-hydrogen) atoms. The number of hydrogen-bond donors (Lipinski definition) is 7. The molecule has 0 saturated carbocycles. The minimum absolute atomic E-state index is 0.0565. The molecular weight excluding hydrogens is 1360 g/mol. The van der Waals surface area contributed by atoms with Crippen LogP contribution in [0.15, 0.2) is 133 Å². The number of aliphatic carboxylic acids is 1. The van der Waals surface area contributed by atoms with Gasteiger partial charge in [0.15, 0.2) is 16.9 Å². The SMILES string of the molecule is CC(C)(C)CCCC(=O)O.CC1(C)OB(c2ccc(CN)c(F)c2)OC1(C)C.Cn1cc(-c2nc3nccc(-c4ccc(CN)c(F)c4)c3[nH]2)cn1.Cn1cc(-c2nc3nccc(-c4ccc(CNC(=O)CCCC(C)(C)C)c(F)c4)c3[nH]2)cn1.Cn1cc(-c2nc3nccc(Br)c3[nH]2)cn1. The Bertz CT molecular complexity index is 4820. The molecule has 1 amide bonds. The average Bonchev–Trinajstić information content (AvgIpc) is 1.65. The smallest absolute Gasteiger partial charge is 0.481 e. The third kappa shape index (κ3) is 19.8. The van der Waals surface area contributed by atoms with Crippen molar-refractivity contribution in [2.45, 2.75) is 139 Å². The first kappa shape index (κ1) is 75.5. The van der Waals surface area contributed by atoms with E-state index in [1.165, 1.54) is 18.2 Å². The van der Waals surface area contributed by atoms with Gasteiger partial charge in [0.05, 0.1) is 63.0 Å². The number of aryl methyl sites for hydroxylation is 3. The molecule has 28 heteroatoms. The quantitative estimate of drug-likeness (QED) is 0.0442. The summed E-state index contributed by atoms with van der Waals surface area (Å²) in [7, 11) is 5.03. The van der Waals surface area contributed by atoms with E-state index in [2.05, 4.69) is 123 Å². The van der Waals surface area contributed by atoms with E-state index < -0.39 is 24.3 Å². The molecule has 12 aromatic rings. The van der Waals surface area contributed by atoms with Crippen LogP contribution in [0.1, 0.15) is 124 Å². The summed E-state index contributed by atoms with van der Waals surface area (Å²) in [5.41, 5.74) is 22.7. The Morgan fingerprint density at radius 2 is 0.960 bits per heavy atom. The zero-order chi connectivity index (χ0) is 73.1. The van der Waals surface area contributed by atoms with Crippen LogP contribution in [0.4, 0.5) is 13.2 Å². The van der Waals surface area contributed by atoms with E-state index >= 15 is 0 Å². The highest BCUT2D eigenvalue weighted by Gasteiger charge is 2.51. The van der Waals surface area contributed by atoms with Crippen molar-refractivity contribution < 1.29 is 37.2 Å². The summed E-state index contributed by atoms with van der Waals surface area (Å²) >= 11 is 3.46. The molecule has 13 rings (SSSR count). The number of nitrogens with two attached hydrogens (primary N) is 2. The lowest BCUT2D eigenvalue weighted by atomic mass is 9.78. The Balaban J connectivity index is 0.000000155. The summed E-state index contributed by atoms with van der Waals surface area (Å²) in [6, 6.07) is 20.6. The van der Waals surface area contributed by atoms with Gasteiger partial charge in [-0.2, -0.15) is 15.3 Å². The number of carbonyl (C=O) groups excluding carboxylic acids is 1. The molecule has 0 aliphatic carbocycles. The first-order valence-electron chi connectivity index (χ1n) is 33.0. The summed E-state index contributed by atoms with van der Waals surface area (Å²) in [5, 5.41) is 23.6. The molecule has 9 N–H and O–H groups in total. The fourth-order valence-corrected chi connectivity index (χ4v) is 11.0. The highest BCUT2D eigenvalue weighted by molar-refractivity contribution is 9.10. The van der Waals surface area contributed by atoms with E-state index in [-0.39, 0.29) is 53.8 Å². The maximum Gasteiger partial charge on any atom is 0.494 e. The minimum Gasteiger partial charge on any atom is -0.481 e. The van der Waals surface area contributed by atoms with Crippen LogP contribution in [-0.2, 0) is 59.7 Å². The lowest BCUT2D eigenvalue weighted by Crippen LogP contribution is -2.41. The molecule has 1 fully saturated rings. The van der Waals surface area contributed by atoms with Crippen molar-refractivity contribution in [3.63, 3.8) is 0 Å². The molecule has 1 saturated heterocycles. The van der Waals surface area contributed by atoms with Gasteiger partial charge in [-0.3, -0.25) is 23.6 Å². The van der Waals surface area contributed by atoms with Gasteiger partial charge in [-0.15, -0.1) is 0 Å². The number of hydrogen-bond acceptors (Lipinski definition) is 15. The van der Waals surface area contributed by atoms with Crippen molar-refractivity contribution in [1.82, 2.24) is 79.5 Å². The number of carbonyl (C=O) groups is 2. The summed E-state index contributed by atoms with van der Waals surface area (Å²) < 4.78 is 60.5. The standard InChI is InChI=1S/C25H29FN6O.C17H15FN6.C13H19BFNO2.C10H8BrN5.C8H16O2/c1-25(2,3)10-5-6-21(33)28-13-17-8-7-16(12-20(17)26)19-9-11-27-24-22(19)30-23(31-24)18-14-29-32(4)15-18;1-24-9-12(8-21-24)16-22-15-13(4-5-20-17(15)23-16)10-2-3-11(7-19)14(18)6-10;1-12(2)13(3,4)18-14(17-12)10-6-5-9(8-16)11(15)7-10;1-16-5-6(4-13-16)9-14-8-7(11)2-3-12-10(8)15-9;1-8(2,3)6-4-5-7(9)10/h7-9,11-12,14-15H,5-6,10,13H2,1-4H3,(H,28,33)(H,27,30,31);2-6,8-9H,7,19H2,1H3,(H,20,22,23);5-7H,8,16H2,1-4H3;2-5H,1H3,(H,12,14,15);4-6H2,1-3H3,(H,9,10). The zero-order valence-electron chi connectivity index (χ0n) is 59.2. The summed E-state index contributed by atoms with van der Waals surface area (Å²) in [6.45, 7) is 21.2. The Kier molecular flexibility index (Phi) is 24.1. The third-order valence-electron chi connectivity index (χ3n) is 17.0. The third-order valence-corrected chi connectivity index (χ3v) is 17.6. The molecule has 1 aliphatic heterocycles. The van der Waals surface area contributed by atoms with Crippen LogP contribution in [0.2, 0.25) is 0 Å². The topological polar surface area (TPSA) is 315 Å². The number of fused-ring (bicyclic) bond motifs is 3. The number of halogens is 4. The predicted molar refractivity (Wildman–Crippen MR) is 391 cm³/mol. The Morgan fingerprint density at radius 3 is 1.35 bits per heavy atom. The van der Waals surface area contributed by atoms with Gasteiger partial charge >= 0.3 is 13.1 Å². The molecule has 530 valence electrons. The van der Waals surface area contributed by atoms with Gasteiger partial charge in [-0.1, -0.05) is 77.9 Å². The van der Waals surface area contributed by atoms with E-state index in [0.29, 0.717) is 69.1 Å². The monoisotopic (exact) mass is 1440 g/mol. The lowest BCUT2D eigenvalue weighted by molar-refractivity contribution is -0.137. The average molecular weight is 1440 g/mol. The number of rotatable bonds is 16. The van der Waals surface area contributed by atoms with E-state index in [1.54, 1.807) is 75.5 Å². The maximum absolute atomic E-state index is 14.9. The van der Waals surface area contributed by atoms with Gasteiger partial charge in [0.25, 0.3) is 0 Å². The van der Waals surface area contributed by atoms with Crippen LogP contribution in [0.3, 0.4) is 0 Å². The highest BCUT2D eigenvalue weighted by Crippen LogP contribution is 2.37. The van der Waals surface area contributed by atoms with E-state index in [4.69, 9.17) is 25.9 Å². The molecule has 9 aromatic heterocycles. The molecule has 23 nitrogen and oxygen atoms in total. The fourth-order valence-electron chi connectivity index (χ4n) is 10.6. The number of nitrogens with zero attached hydrogens (tertiary/aromatic N) is 12. The molecule has 0 radical (unpaired) electrons. The van der Waals surface area contributed by atoms with Crippen molar-refractivity contribution in [3.05, 3.63) is 167 Å². The second-order valence-corrected chi connectivity index (χ2v) is 28.9. The van der Waals surface area contributed by atoms with Gasteiger partial charge < -0.3 is 46.2 Å². The number of carboxylic acids is 1. The molecule has 0 bridgehead atoms. The van der Waals surface area contributed by atoms with Gasteiger partial charge in [-0.05, 0) is 133 Å². The number of pyridine rings is 3. The van der Waals surface area contributed by atoms with Gasteiger partial charge in [0.1, 0.15) is 34.9 Å². The number of amides is 1. The van der Waals surface area contributed by atoms with Crippen molar-refractivity contribution in [2.75, 3.05) is 0 Å². The number of imidazole rings is 3. The summed E-state index contributed by atoms with van der Waals surface area (Å²) in [6.07, 6.45) is 20.2. The molecule has 0 spiro atoms. The van der Waals surface area contributed by atoms with E-state index in [0.717, 1.165) is 85.9 Å². The minimum atomic E-state index is -0.691. The van der Waals surface area contributed by atoms with E-state index in [9.17, 15) is 22.8 Å².